The van der Waals surface area contributed by atoms with E-state index in [9.17, 15) is 4.79 Å². The van der Waals surface area contributed by atoms with Gasteiger partial charge in [-0.05, 0) is 44.9 Å². The highest BCUT2D eigenvalue weighted by molar-refractivity contribution is 5.67. The molecule has 102 valence electrons. The number of amides is 1. The zero-order chi connectivity index (χ0) is 14.6. The van der Waals surface area contributed by atoms with Crippen LogP contribution in [-0.2, 0) is 11.3 Å². The molecular weight excluding hydrogens is 238 g/mol. The molecule has 0 saturated carbocycles. The second kappa shape index (κ2) is 5.79. The molecule has 0 atom stereocenters. The lowest BCUT2D eigenvalue weighted by atomic mass is 10.1. The SMILES string of the molecule is C#Cc1cc(CN(C)C(=O)OC(C)(C)C)ccc1C. The van der Waals surface area contributed by atoms with Crippen molar-refractivity contribution in [3.05, 3.63) is 34.9 Å². The van der Waals surface area contributed by atoms with Crippen molar-refractivity contribution in [1.82, 2.24) is 4.90 Å². The third kappa shape index (κ3) is 4.67. The molecule has 19 heavy (non-hydrogen) atoms. The van der Waals surface area contributed by atoms with Crippen LogP contribution in [0.4, 0.5) is 4.79 Å². The Hall–Kier alpha value is -1.95. The molecule has 1 amide bonds. The normalized spacial score (nSPS) is 10.7. The van der Waals surface area contributed by atoms with Crippen molar-refractivity contribution in [2.75, 3.05) is 7.05 Å². The molecule has 3 nitrogen and oxygen atoms in total. The summed E-state index contributed by atoms with van der Waals surface area (Å²) >= 11 is 0. The molecule has 0 aromatic heterocycles. The monoisotopic (exact) mass is 259 g/mol. The van der Waals surface area contributed by atoms with Crippen LogP contribution in [0, 0.1) is 19.3 Å². The maximum Gasteiger partial charge on any atom is 0.410 e. The minimum atomic E-state index is -0.484. The maximum atomic E-state index is 11.8. The quantitative estimate of drug-likeness (QED) is 0.762. The van der Waals surface area contributed by atoms with Crippen LogP contribution in [0.1, 0.15) is 37.5 Å². The first-order valence-corrected chi connectivity index (χ1v) is 6.23. The van der Waals surface area contributed by atoms with Gasteiger partial charge in [-0.3, -0.25) is 0 Å². The molecule has 0 N–H and O–H groups in total. The van der Waals surface area contributed by atoms with Crippen molar-refractivity contribution in [3.63, 3.8) is 0 Å². The Kier molecular flexibility index (Phi) is 4.61. The van der Waals surface area contributed by atoms with E-state index in [2.05, 4.69) is 5.92 Å². The molecule has 1 rings (SSSR count). The molecule has 0 aliphatic carbocycles. The van der Waals surface area contributed by atoms with Gasteiger partial charge in [-0.15, -0.1) is 6.42 Å². The number of ether oxygens (including phenoxy) is 1. The van der Waals surface area contributed by atoms with Gasteiger partial charge >= 0.3 is 6.09 Å². The molecule has 1 aromatic rings. The number of hydrogen-bond acceptors (Lipinski definition) is 2. The smallest absolute Gasteiger partial charge is 0.410 e. The Morgan fingerprint density at radius 1 is 1.42 bits per heavy atom. The predicted octanol–water partition coefficient (Wildman–Crippen LogP) is 3.34. The zero-order valence-corrected chi connectivity index (χ0v) is 12.3. The van der Waals surface area contributed by atoms with Gasteiger partial charge in [-0.25, -0.2) is 4.79 Å². The van der Waals surface area contributed by atoms with Gasteiger partial charge in [0.25, 0.3) is 0 Å². The van der Waals surface area contributed by atoms with E-state index in [1.54, 1.807) is 7.05 Å². The van der Waals surface area contributed by atoms with E-state index in [0.29, 0.717) is 6.54 Å². The summed E-state index contributed by atoms with van der Waals surface area (Å²) in [5.41, 5.74) is 2.43. The highest BCUT2D eigenvalue weighted by atomic mass is 16.6. The summed E-state index contributed by atoms with van der Waals surface area (Å²) in [6, 6.07) is 5.86. The van der Waals surface area contributed by atoms with Crippen LogP contribution in [-0.4, -0.2) is 23.6 Å². The first kappa shape index (κ1) is 15.1. The Bertz CT molecular complexity index is 506. The van der Waals surface area contributed by atoms with E-state index in [1.165, 1.54) is 4.90 Å². The van der Waals surface area contributed by atoms with Crippen LogP contribution in [0.25, 0.3) is 0 Å². The highest BCUT2D eigenvalue weighted by Crippen LogP contribution is 2.14. The minimum absolute atomic E-state index is 0.338. The highest BCUT2D eigenvalue weighted by Gasteiger charge is 2.19. The van der Waals surface area contributed by atoms with Crippen molar-refractivity contribution in [2.24, 2.45) is 0 Å². The minimum Gasteiger partial charge on any atom is -0.444 e. The number of nitrogens with zero attached hydrogens (tertiary/aromatic N) is 1. The van der Waals surface area contributed by atoms with Gasteiger partial charge < -0.3 is 9.64 Å². The van der Waals surface area contributed by atoms with Crippen LogP contribution in [0.5, 0.6) is 0 Å². The Labute approximate surface area is 115 Å². The summed E-state index contributed by atoms with van der Waals surface area (Å²) < 4.78 is 5.30. The second-order valence-electron chi connectivity index (χ2n) is 5.63. The van der Waals surface area contributed by atoms with E-state index in [1.807, 2.05) is 45.9 Å². The molecule has 0 unspecified atom stereocenters. The van der Waals surface area contributed by atoms with Crippen molar-refractivity contribution in [1.29, 1.82) is 0 Å². The Morgan fingerprint density at radius 2 is 2.05 bits per heavy atom. The molecule has 0 saturated heterocycles. The number of carbonyl (C=O) groups excluding carboxylic acids is 1. The van der Waals surface area contributed by atoms with E-state index >= 15 is 0 Å². The summed E-state index contributed by atoms with van der Waals surface area (Å²) in [4.78, 5) is 13.4. The van der Waals surface area contributed by atoms with Crippen molar-refractivity contribution in [2.45, 2.75) is 39.8 Å². The van der Waals surface area contributed by atoms with Gasteiger partial charge in [-0.2, -0.15) is 0 Å². The van der Waals surface area contributed by atoms with Crippen molar-refractivity contribution >= 4 is 6.09 Å². The lowest BCUT2D eigenvalue weighted by Crippen LogP contribution is -2.33. The summed E-state index contributed by atoms with van der Waals surface area (Å²) in [6.07, 6.45) is 5.10. The topological polar surface area (TPSA) is 29.5 Å². The van der Waals surface area contributed by atoms with Crippen LogP contribution in [0.3, 0.4) is 0 Å². The average Bonchev–Trinajstić information content (AvgIpc) is 2.29. The lowest BCUT2D eigenvalue weighted by Gasteiger charge is -2.24. The fourth-order valence-electron chi connectivity index (χ4n) is 1.60. The van der Waals surface area contributed by atoms with Crippen LogP contribution in [0.2, 0.25) is 0 Å². The van der Waals surface area contributed by atoms with Crippen molar-refractivity contribution in [3.8, 4) is 12.3 Å². The average molecular weight is 259 g/mol. The third-order valence-corrected chi connectivity index (χ3v) is 2.58. The molecule has 1 aromatic carbocycles. The van der Waals surface area contributed by atoms with E-state index < -0.39 is 5.60 Å². The molecule has 0 fully saturated rings. The van der Waals surface area contributed by atoms with E-state index in [0.717, 1.165) is 16.7 Å². The summed E-state index contributed by atoms with van der Waals surface area (Å²) in [7, 11) is 1.71. The van der Waals surface area contributed by atoms with Gasteiger partial charge in [-0.1, -0.05) is 18.1 Å². The maximum absolute atomic E-state index is 11.8. The largest absolute Gasteiger partial charge is 0.444 e. The first-order valence-electron chi connectivity index (χ1n) is 6.23. The fraction of sp³-hybridized carbons (Fsp3) is 0.438. The first-order chi connectivity index (χ1) is 8.73. The van der Waals surface area contributed by atoms with Gasteiger partial charge in [0.1, 0.15) is 5.60 Å². The summed E-state index contributed by atoms with van der Waals surface area (Å²) in [5, 5.41) is 0. The Balaban J connectivity index is 2.75. The van der Waals surface area contributed by atoms with Crippen LogP contribution < -0.4 is 0 Å². The van der Waals surface area contributed by atoms with E-state index in [4.69, 9.17) is 11.2 Å². The van der Waals surface area contributed by atoms with Crippen molar-refractivity contribution < 1.29 is 9.53 Å². The molecule has 0 aliphatic rings. The van der Waals surface area contributed by atoms with Crippen LogP contribution >= 0.6 is 0 Å². The number of carbonyl (C=O) groups is 1. The molecule has 0 radical (unpaired) electrons. The van der Waals surface area contributed by atoms with Gasteiger partial charge in [0.2, 0.25) is 0 Å². The summed E-state index contributed by atoms with van der Waals surface area (Å²) in [5.74, 6) is 2.64. The standard InChI is InChI=1S/C16H21NO2/c1-7-14-10-13(9-8-12(14)2)11-17(6)15(18)19-16(3,4)5/h1,8-10H,11H2,2-6H3. The number of hydrogen-bond donors (Lipinski definition) is 0. The zero-order valence-electron chi connectivity index (χ0n) is 12.3. The van der Waals surface area contributed by atoms with Gasteiger partial charge in [0.05, 0.1) is 0 Å². The number of benzene rings is 1. The predicted molar refractivity (Wildman–Crippen MR) is 76.8 cm³/mol. The second-order valence-corrected chi connectivity index (χ2v) is 5.63. The fourth-order valence-corrected chi connectivity index (χ4v) is 1.60. The number of terminal acetylenes is 1. The van der Waals surface area contributed by atoms with Crippen LogP contribution in [0.15, 0.2) is 18.2 Å². The molecule has 0 bridgehead atoms. The van der Waals surface area contributed by atoms with Gasteiger partial charge in [0.15, 0.2) is 0 Å². The molecule has 0 spiro atoms. The lowest BCUT2D eigenvalue weighted by molar-refractivity contribution is 0.0285. The van der Waals surface area contributed by atoms with E-state index in [-0.39, 0.29) is 6.09 Å². The third-order valence-electron chi connectivity index (χ3n) is 2.58. The molecule has 3 heteroatoms. The molecule has 0 heterocycles. The number of aryl methyl sites for hydroxylation is 1. The summed E-state index contributed by atoms with van der Waals surface area (Å²) in [6.45, 7) is 7.99. The number of rotatable bonds is 2. The van der Waals surface area contributed by atoms with Gasteiger partial charge in [0, 0.05) is 19.2 Å². The molecular formula is C16H21NO2. The molecule has 0 aliphatic heterocycles. The Morgan fingerprint density at radius 3 is 2.58 bits per heavy atom.